The van der Waals surface area contributed by atoms with Crippen molar-refractivity contribution in [2.45, 2.75) is 13.5 Å². The highest BCUT2D eigenvalue weighted by Crippen LogP contribution is 2.39. The summed E-state index contributed by atoms with van der Waals surface area (Å²) in [6.45, 7) is 7.00. The van der Waals surface area contributed by atoms with E-state index in [0.29, 0.717) is 63.1 Å². The molecule has 1 amide bonds. The molecule has 0 radical (unpaired) electrons. The molecule has 3 aromatic rings. The second-order valence-electron chi connectivity index (χ2n) is 9.47. The Hall–Kier alpha value is -3.07. The number of fused-ring (bicyclic) bond motifs is 1. The molecule has 0 aliphatic carbocycles. The van der Waals surface area contributed by atoms with Gasteiger partial charge in [-0.05, 0) is 13.0 Å². The monoisotopic (exact) mass is 561 g/mol. The molecule has 2 saturated heterocycles. The highest BCUT2D eigenvalue weighted by molar-refractivity contribution is 7.92. The number of methoxy groups -OCH3 is 1. The Balaban J connectivity index is 1.63. The molecule has 0 spiro atoms. The second kappa shape index (κ2) is 10.6. The average Bonchev–Trinajstić information content (AvgIpc) is 3.20. The maximum atomic E-state index is 12.3. The van der Waals surface area contributed by atoms with Crippen LogP contribution in [0.25, 0.3) is 21.5 Å². The average molecular weight is 562 g/mol. The van der Waals surface area contributed by atoms with E-state index < -0.39 is 10.0 Å². The number of nitrogens with zero attached hydrogens (tertiary/aromatic N) is 6. The zero-order valence-electron chi connectivity index (χ0n) is 21.9. The van der Waals surface area contributed by atoms with Crippen LogP contribution in [0.1, 0.15) is 10.4 Å². The van der Waals surface area contributed by atoms with E-state index in [1.807, 2.05) is 7.05 Å². The van der Waals surface area contributed by atoms with E-state index in [1.165, 1.54) is 7.11 Å². The van der Waals surface area contributed by atoms with Gasteiger partial charge in [0.25, 0.3) is 0 Å². The van der Waals surface area contributed by atoms with Crippen LogP contribution in [0.5, 0.6) is 5.88 Å². The number of aryl methyl sites for hydroxylation is 1. The quantitative estimate of drug-likeness (QED) is 0.453. The van der Waals surface area contributed by atoms with E-state index in [2.05, 4.69) is 26.4 Å². The van der Waals surface area contributed by atoms with E-state index in [0.717, 1.165) is 33.5 Å². The van der Waals surface area contributed by atoms with Crippen molar-refractivity contribution in [2.75, 3.05) is 76.0 Å². The summed E-state index contributed by atoms with van der Waals surface area (Å²) in [5.74, 6) is 0.853. The molecule has 38 heavy (non-hydrogen) atoms. The molecule has 1 N–H and O–H groups in total. The number of anilines is 2. The van der Waals surface area contributed by atoms with Crippen LogP contribution in [0.4, 0.5) is 11.6 Å². The molecule has 2 aliphatic rings. The number of hydrogen-bond donors (Lipinski definition) is 1. The minimum absolute atomic E-state index is 0.105. The normalized spacial score (nSPS) is 17.3. The number of amides is 1. The number of likely N-dealkylation sites (N-methyl/N-ethyl adjacent to an activating group) is 1. The third kappa shape index (κ3) is 5.53. The smallest absolute Gasteiger partial charge is 0.238 e. The molecule has 2 aliphatic heterocycles. The first-order valence-corrected chi connectivity index (χ1v) is 14.9. The minimum Gasteiger partial charge on any atom is -0.480 e. The fraction of sp³-hybridized carbons (Fsp3) is 0.500. The molecule has 5 heterocycles. The SMILES string of the molecule is COc1ncc(-c2nc(N3CCOCC3)nc3c(CN4CCN(C)C(=O)C4)c(C)sc23)cc1NS(C)(=O)=O. The lowest BCUT2D eigenvalue weighted by Gasteiger charge is -2.32. The Morgan fingerprint density at radius 3 is 2.63 bits per heavy atom. The van der Waals surface area contributed by atoms with Gasteiger partial charge in [-0.25, -0.2) is 23.4 Å². The molecule has 2 fully saturated rings. The van der Waals surface area contributed by atoms with Gasteiger partial charge in [0.1, 0.15) is 5.69 Å². The van der Waals surface area contributed by atoms with Crippen molar-refractivity contribution in [1.29, 1.82) is 0 Å². The van der Waals surface area contributed by atoms with Crippen molar-refractivity contribution in [3.63, 3.8) is 0 Å². The second-order valence-corrected chi connectivity index (χ2v) is 12.4. The number of thiophene rings is 1. The summed E-state index contributed by atoms with van der Waals surface area (Å²) in [6.07, 6.45) is 2.71. The number of morpholine rings is 1. The van der Waals surface area contributed by atoms with Crippen LogP contribution in [-0.4, -0.2) is 105 Å². The third-order valence-electron chi connectivity index (χ3n) is 6.64. The van der Waals surface area contributed by atoms with Gasteiger partial charge in [-0.2, -0.15) is 0 Å². The lowest BCUT2D eigenvalue weighted by molar-refractivity contribution is -0.134. The number of hydrogen-bond acceptors (Lipinski definition) is 11. The van der Waals surface area contributed by atoms with Gasteiger partial charge < -0.3 is 19.3 Å². The van der Waals surface area contributed by atoms with Crippen LogP contribution in [0, 0.1) is 6.92 Å². The zero-order valence-corrected chi connectivity index (χ0v) is 23.5. The standard InChI is InChI=1S/C24H31N7O5S2/c1-15-17(13-30-6-5-29(2)19(32)14-30)21-22(37-15)20(26-24(27-21)31-7-9-36-10-8-31)16-11-18(28-38(4,33)34)23(35-3)25-12-16/h11-12,28H,5-10,13-14H2,1-4H3. The Kier molecular flexibility index (Phi) is 7.40. The number of nitrogens with one attached hydrogen (secondary N) is 1. The van der Waals surface area contributed by atoms with Crippen molar-refractivity contribution in [1.82, 2.24) is 24.8 Å². The van der Waals surface area contributed by atoms with Gasteiger partial charge >= 0.3 is 0 Å². The number of pyridine rings is 1. The molecule has 12 nitrogen and oxygen atoms in total. The fourth-order valence-electron chi connectivity index (χ4n) is 4.59. The molecular weight excluding hydrogens is 530 g/mol. The summed E-state index contributed by atoms with van der Waals surface area (Å²) < 4.78 is 38.2. The van der Waals surface area contributed by atoms with E-state index in [4.69, 9.17) is 19.4 Å². The number of rotatable bonds is 7. The van der Waals surface area contributed by atoms with Gasteiger partial charge in [0.2, 0.25) is 27.8 Å². The van der Waals surface area contributed by atoms with Crippen LogP contribution < -0.4 is 14.4 Å². The van der Waals surface area contributed by atoms with Crippen LogP contribution in [0.3, 0.4) is 0 Å². The van der Waals surface area contributed by atoms with Crippen molar-refractivity contribution in [3.05, 3.63) is 22.7 Å². The molecule has 3 aromatic heterocycles. The molecule has 204 valence electrons. The van der Waals surface area contributed by atoms with E-state index in [1.54, 1.807) is 28.5 Å². The highest BCUT2D eigenvalue weighted by atomic mass is 32.2. The van der Waals surface area contributed by atoms with Crippen LogP contribution in [0.15, 0.2) is 12.3 Å². The first-order valence-electron chi connectivity index (χ1n) is 12.2. The first kappa shape index (κ1) is 26.5. The Bertz CT molecular complexity index is 1470. The third-order valence-corrected chi connectivity index (χ3v) is 8.38. The number of ether oxygens (including phenoxy) is 2. The van der Waals surface area contributed by atoms with Crippen molar-refractivity contribution in [3.8, 4) is 17.1 Å². The molecule has 0 saturated carbocycles. The maximum absolute atomic E-state index is 12.3. The summed E-state index contributed by atoms with van der Waals surface area (Å²) in [6, 6.07) is 1.69. The number of carbonyl (C=O) groups is 1. The number of sulfonamides is 1. The van der Waals surface area contributed by atoms with Crippen molar-refractivity contribution in [2.24, 2.45) is 0 Å². The largest absolute Gasteiger partial charge is 0.480 e. The highest BCUT2D eigenvalue weighted by Gasteiger charge is 2.26. The fourth-order valence-corrected chi connectivity index (χ4v) is 6.25. The van der Waals surface area contributed by atoms with Gasteiger partial charge in [0.05, 0.1) is 49.0 Å². The Labute approximate surface area is 225 Å². The Morgan fingerprint density at radius 1 is 1.18 bits per heavy atom. The van der Waals surface area contributed by atoms with Crippen LogP contribution >= 0.6 is 11.3 Å². The molecule has 0 unspecified atom stereocenters. The molecule has 14 heteroatoms. The number of carbonyl (C=O) groups excluding carboxylic acids is 1. The summed E-state index contributed by atoms with van der Waals surface area (Å²) in [5, 5.41) is 0. The molecule has 0 bridgehead atoms. The van der Waals surface area contributed by atoms with Crippen molar-refractivity contribution >= 4 is 49.1 Å². The number of piperazine rings is 1. The van der Waals surface area contributed by atoms with Gasteiger partial charge in [0.15, 0.2) is 0 Å². The molecule has 0 atom stereocenters. The lowest BCUT2D eigenvalue weighted by atomic mass is 10.1. The molecule has 0 aromatic carbocycles. The van der Waals surface area contributed by atoms with Gasteiger partial charge in [-0.3, -0.25) is 14.4 Å². The predicted molar refractivity (Wildman–Crippen MR) is 146 cm³/mol. The summed E-state index contributed by atoms with van der Waals surface area (Å²) in [5.41, 5.74) is 3.44. The molecular formula is C24H31N7O5S2. The summed E-state index contributed by atoms with van der Waals surface area (Å²) in [4.78, 5) is 33.7. The Morgan fingerprint density at radius 2 is 1.95 bits per heavy atom. The minimum atomic E-state index is -3.56. The maximum Gasteiger partial charge on any atom is 0.238 e. The van der Waals surface area contributed by atoms with Crippen LogP contribution in [0.2, 0.25) is 0 Å². The van der Waals surface area contributed by atoms with E-state index >= 15 is 0 Å². The van der Waals surface area contributed by atoms with Crippen LogP contribution in [-0.2, 0) is 26.1 Å². The van der Waals surface area contributed by atoms with E-state index in [9.17, 15) is 13.2 Å². The predicted octanol–water partition coefficient (Wildman–Crippen LogP) is 1.55. The zero-order chi connectivity index (χ0) is 27.0. The van der Waals surface area contributed by atoms with Gasteiger partial charge in [-0.15, -0.1) is 11.3 Å². The van der Waals surface area contributed by atoms with Gasteiger partial charge in [0, 0.05) is 62.0 Å². The van der Waals surface area contributed by atoms with Gasteiger partial charge in [-0.1, -0.05) is 0 Å². The first-order chi connectivity index (χ1) is 18.1. The summed E-state index contributed by atoms with van der Waals surface area (Å²) >= 11 is 1.59. The lowest BCUT2D eigenvalue weighted by Crippen LogP contribution is -2.48. The molecule has 5 rings (SSSR count). The van der Waals surface area contributed by atoms with Crippen molar-refractivity contribution < 1.29 is 22.7 Å². The van der Waals surface area contributed by atoms with E-state index in [-0.39, 0.29) is 17.5 Å². The summed E-state index contributed by atoms with van der Waals surface area (Å²) in [7, 11) is -0.297. The topological polar surface area (TPSA) is 130 Å². The number of aromatic nitrogens is 3.